The largest absolute Gasteiger partial charge is 0.481 e. The molecule has 0 aromatic heterocycles. The highest BCUT2D eigenvalue weighted by molar-refractivity contribution is 5.79. The van der Waals surface area contributed by atoms with Crippen molar-refractivity contribution in [1.82, 2.24) is 15.5 Å². The van der Waals surface area contributed by atoms with Crippen LogP contribution in [-0.4, -0.2) is 59.8 Å². The van der Waals surface area contributed by atoms with Crippen molar-refractivity contribution in [2.75, 3.05) is 19.6 Å². The highest BCUT2D eigenvalue weighted by atomic mass is 19.4. The molecule has 0 unspecified atom stereocenters. The number of amides is 3. The maximum absolute atomic E-state index is 12.9. The number of hydrogen-bond acceptors (Lipinski definition) is 3. The lowest BCUT2D eigenvalue weighted by molar-refractivity contribution is -0.187. The topological polar surface area (TPSA) is 98.7 Å². The van der Waals surface area contributed by atoms with E-state index in [1.165, 1.54) is 0 Å². The van der Waals surface area contributed by atoms with Gasteiger partial charge in [0.25, 0.3) is 0 Å². The van der Waals surface area contributed by atoms with E-state index in [1.54, 1.807) is 0 Å². The minimum atomic E-state index is -4.68. The molecule has 10 heteroatoms. The molecular formula is C16H24F3N3O4. The zero-order valence-corrected chi connectivity index (χ0v) is 14.3. The summed E-state index contributed by atoms with van der Waals surface area (Å²) < 4.78 is 38.7. The molecule has 0 bridgehead atoms. The number of halogens is 3. The van der Waals surface area contributed by atoms with Gasteiger partial charge in [0.2, 0.25) is 5.91 Å². The Morgan fingerprint density at radius 2 is 1.73 bits per heavy atom. The first kappa shape index (κ1) is 20.3. The Bertz CT molecular complexity index is 535. The Morgan fingerprint density at radius 3 is 2.27 bits per heavy atom. The number of aliphatic carboxylic acids is 1. The number of carboxylic acid groups (broad SMARTS) is 1. The van der Waals surface area contributed by atoms with Gasteiger partial charge in [-0.2, -0.15) is 13.2 Å². The third-order valence-corrected chi connectivity index (χ3v) is 4.94. The summed E-state index contributed by atoms with van der Waals surface area (Å²) in [6.07, 6.45) is 0.514. The van der Waals surface area contributed by atoms with Crippen LogP contribution in [0.1, 0.15) is 38.5 Å². The summed E-state index contributed by atoms with van der Waals surface area (Å²) in [6.45, 7) is -1.21. The third-order valence-electron chi connectivity index (χ3n) is 4.94. The predicted molar refractivity (Wildman–Crippen MR) is 85.3 cm³/mol. The minimum absolute atomic E-state index is 0.0116. The first-order chi connectivity index (χ1) is 12.2. The van der Waals surface area contributed by atoms with Gasteiger partial charge >= 0.3 is 18.2 Å². The van der Waals surface area contributed by atoms with Gasteiger partial charge < -0.3 is 20.6 Å². The second-order valence-electron chi connectivity index (χ2n) is 6.88. The number of urea groups is 1. The quantitative estimate of drug-likeness (QED) is 0.677. The monoisotopic (exact) mass is 379 g/mol. The fraction of sp³-hybridized carbons (Fsp3) is 0.812. The summed E-state index contributed by atoms with van der Waals surface area (Å²) in [7, 11) is 0. The van der Waals surface area contributed by atoms with Gasteiger partial charge in [0.15, 0.2) is 0 Å². The molecule has 7 nitrogen and oxygen atoms in total. The fourth-order valence-electron chi connectivity index (χ4n) is 3.49. The molecule has 2 atom stereocenters. The Kier molecular flexibility index (Phi) is 6.71. The number of alkyl halides is 3. The number of nitrogens with one attached hydrogen (secondary N) is 2. The van der Waals surface area contributed by atoms with Crippen LogP contribution in [0.2, 0.25) is 0 Å². The molecule has 148 valence electrons. The zero-order chi connectivity index (χ0) is 19.3. The molecule has 2 fully saturated rings. The molecule has 1 saturated heterocycles. The molecule has 2 rings (SSSR count). The highest BCUT2D eigenvalue weighted by Crippen LogP contribution is 2.37. The lowest BCUT2D eigenvalue weighted by Crippen LogP contribution is -2.42. The summed E-state index contributed by atoms with van der Waals surface area (Å²) >= 11 is 0. The molecule has 26 heavy (non-hydrogen) atoms. The molecule has 1 heterocycles. The first-order valence-corrected chi connectivity index (χ1v) is 8.80. The third kappa shape index (κ3) is 5.50. The maximum Gasteiger partial charge on any atom is 0.394 e. The van der Waals surface area contributed by atoms with Crippen LogP contribution in [0.25, 0.3) is 0 Å². The average Bonchev–Trinajstić information content (AvgIpc) is 3.01. The number of carbonyl (C=O) groups is 3. The van der Waals surface area contributed by atoms with E-state index in [4.69, 9.17) is 5.11 Å². The molecule has 0 aromatic rings. The van der Waals surface area contributed by atoms with Crippen molar-refractivity contribution >= 4 is 17.9 Å². The van der Waals surface area contributed by atoms with Crippen molar-refractivity contribution in [2.45, 2.75) is 50.7 Å². The zero-order valence-electron chi connectivity index (χ0n) is 14.3. The standard InChI is InChI=1S/C16H24F3N3O4/c17-16(18,19)12-9-22(8-11(12)14(24)25)15(26)20-7-6-13(23)21-10-4-2-1-3-5-10/h10-12H,1-9H2,(H,20,26)(H,21,23)(H,24,25)/t11-,12-/m1/s1. The predicted octanol–water partition coefficient (Wildman–Crippen LogP) is 1.73. The fourth-order valence-corrected chi connectivity index (χ4v) is 3.49. The molecule has 1 aliphatic carbocycles. The number of nitrogens with zero attached hydrogens (tertiary/aromatic N) is 1. The van der Waals surface area contributed by atoms with Gasteiger partial charge in [0.1, 0.15) is 0 Å². The van der Waals surface area contributed by atoms with Crippen molar-refractivity contribution < 1.29 is 32.7 Å². The lowest BCUT2D eigenvalue weighted by atomic mass is 9.95. The van der Waals surface area contributed by atoms with E-state index in [2.05, 4.69) is 10.6 Å². The summed E-state index contributed by atoms with van der Waals surface area (Å²) in [5, 5.41) is 14.2. The number of rotatable bonds is 5. The number of carboxylic acids is 1. The van der Waals surface area contributed by atoms with Crippen LogP contribution >= 0.6 is 0 Å². The average molecular weight is 379 g/mol. The Balaban J connectivity index is 1.75. The first-order valence-electron chi connectivity index (χ1n) is 8.80. The summed E-state index contributed by atoms with van der Waals surface area (Å²) in [6, 6.07) is -0.636. The van der Waals surface area contributed by atoms with Crippen molar-refractivity contribution in [1.29, 1.82) is 0 Å². The van der Waals surface area contributed by atoms with E-state index in [0.717, 1.165) is 37.0 Å². The molecule has 2 aliphatic rings. The lowest BCUT2D eigenvalue weighted by Gasteiger charge is -2.23. The van der Waals surface area contributed by atoms with Crippen LogP contribution < -0.4 is 10.6 Å². The molecule has 0 spiro atoms. The van der Waals surface area contributed by atoms with Gasteiger partial charge in [-0.1, -0.05) is 19.3 Å². The summed E-state index contributed by atoms with van der Waals surface area (Å²) in [4.78, 5) is 35.7. The van der Waals surface area contributed by atoms with E-state index >= 15 is 0 Å². The summed E-state index contributed by atoms with van der Waals surface area (Å²) in [5.41, 5.74) is 0. The van der Waals surface area contributed by atoms with Crippen molar-refractivity contribution in [3.05, 3.63) is 0 Å². The number of likely N-dealkylation sites (tertiary alicyclic amines) is 1. The van der Waals surface area contributed by atoms with Crippen LogP contribution in [0.15, 0.2) is 0 Å². The van der Waals surface area contributed by atoms with Gasteiger partial charge in [-0.25, -0.2) is 4.79 Å². The molecule has 0 radical (unpaired) electrons. The molecule has 3 amide bonds. The van der Waals surface area contributed by atoms with Crippen LogP contribution in [0.4, 0.5) is 18.0 Å². The van der Waals surface area contributed by atoms with Crippen LogP contribution in [0, 0.1) is 11.8 Å². The van der Waals surface area contributed by atoms with Gasteiger partial charge in [0.05, 0.1) is 11.8 Å². The van der Waals surface area contributed by atoms with Gasteiger partial charge in [-0.05, 0) is 12.8 Å². The molecule has 0 aromatic carbocycles. The van der Waals surface area contributed by atoms with E-state index < -0.39 is 43.1 Å². The van der Waals surface area contributed by atoms with Crippen molar-refractivity contribution in [2.24, 2.45) is 11.8 Å². The van der Waals surface area contributed by atoms with Gasteiger partial charge in [0, 0.05) is 32.1 Å². The molecular weight excluding hydrogens is 355 g/mol. The summed E-state index contributed by atoms with van der Waals surface area (Å²) in [5.74, 6) is -5.54. The molecule has 1 saturated carbocycles. The second-order valence-corrected chi connectivity index (χ2v) is 6.88. The SMILES string of the molecule is O=C(CCNC(=O)N1C[C@@H](C(F)(F)F)[C@H](C(=O)O)C1)NC1CCCCC1. The van der Waals surface area contributed by atoms with Gasteiger partial charge in [-0.3, -0.25) is 9.59 Å². The molecule has 3 N–H and O–H groups in total. The molecule has 1 aliphatic heterocycles. The normalized spacial score (nSPS) is 24.3. The van der Waals surface area contributed by atoms with Crippen LogP contribution in [-0.2, 0) is 9.59 Å². The minimum Gasteiger partial charge on any atom is -0.481 e. The maximum atomic E-state index is 12.9. The smallest absolute Gasteiger partial charge is 0.394 e. The van der Waals surface area contributed by atoms with Crippen LogP contribution in [0.3, 0.4) is 0 Å². The van der Waals surface area contributed by atoms with E-state index in [-0.39, 0.29) is 24.9 Å². The Hall–Kier alpha value is -2.00. The number of hydrogen-bond donors (Lipinski definition) is 3. The second kappa shape index (κ2) is 8.59. The van der Waals surface area contributed by atoms with Crippen molar-refractivity contribution in [3.63, 3.8) is 0 Å². The van der Waals surface area contributed by atoms with Crippen LogP contribution in [0.5, 0.6) is 0 Å². The van der Waals surface area contributed by atoms with Crippen molar-refractivity contribution in [3.8, 4) is 0 Å². The van der Waals surface area contributed by atoms with E-state index in [9.17, 15) is 27.6 Å². The number of carbonyl (C=O) groups excluding carboxylic acids is 2. The Labute approximate surface area is 149 Å². The van der Waals surface area contributed by atoms with Gasteiger partial charge in [-0.15, -0.1) is 0 Å². The Morgan fingerprint density at radius 1 is 1.08 bits per heavy atom. The van der Waals surface area contributed by atoms with E-state index in [1.807, 2.05) is 0 Å². The van der Waals surface area contributed by atoms with E-state index in [0.29, 0.717) is 0 Å². The highest BCUT2D eigenvalue weighted by Gasteiger charge is 2.53.